The van der Waals surface area contributed by atoms with Gasteiger partial charge in [0.1, 0.15) is 33.9 Å². The number of carboxylic acids is 1. The number of fused-ring (bicyclic) bond motifs is 1. The number of aliphatic carboxylic acids is 1. The number of aromatic nitrogens is 3. The lowest BCUT2D eigenvalue weighted by molar-refractivity contribution is -0.150. The highest BCUT2D eigenvalue weighted by molar-refractivity contribution is 8.01. The zero-order chi connectivity index (χ0) is 23.0. The first-order valence-electron chi connectivity index (χ1n) is 9.53. The topological polar surface area (TPSA) is 175 Å². The zero-order valence-electron chi connectivity index (χ0n) is 16.8. The van der Waals surface area contributed by atoms with Crippen molar-refractivity contribution >= 4 is 41.3 Å². The molecular weight excluding hydrogens is 456 g/mol. The van der Waals surface area contributed by atoms with Crippen LogP contribution in [0.2, 0.25) is 0 Å². The van der Waals surface area contributed by atoms with Gasteiger partial charge in [-0.15, -0.1) is 16.9 Å². The number of thioether (sulfide) groups is 2. The first-order chi connectivity index (χ1) is 15.3. The van der Waals surface area contributed by atoms with Crippen molar-refractivity contribution in [3.63, 3.8) is 0 Å². The number of carbonyl (C=O) groups excluding carboxylic acids is 2. The van der Waals surface area contributed by atoms with Gasteiger partial charge in [-0.3, -0.25) is 14.5 Å². The Hall–Kier alpha value is -3.03. The fourth-order valence-electron chi connectivity index (χ4n) is 3.44. The quantitative estimate of drug-likeness (QED) is 0.277. The molecule has 168 valence electrons. The van der Waals surface area contributed by atoms with E-state index < -0.39 is 35.2 Å². The molecule has 1 saturated heterocycles. The monoisotopic (exact) mass is 476 g/mol. The minimum Gasteiger partial charge on any atom is -0.508 e. The van der Waals surface area contributed by atoms with Gasteiger partial charge in [-0.1, -0.05) is 23.9 Å². The Morgan fingerprint density at radius 3 is 2.72 bits per heavy atom. The average Bonchev–Trinajstić information content (AvgIpc) is 3.19. The maximum Gasteiger partial charge on any atom is 0.352 e. The van der Waals surface area contributed by atoms with Crippen molar-refractivity contribution in [1.29, 1.82) is 0 Å². The van der Waals surface area contributed by atoms with Crippen LogP contribution in [0.15, 0.2) is 40.6 Å². The van der Waals surface area contributed by atoms with Crippen LogP contribution in [-0.4, -0.2) is 71.2 Å². The lowest BCUT2D eigenvalue weighted by Gasteiger charge is -2.49. The van der Waals surface area contributed by atoms with Crippen molar-refractivity contribution in [2.24, 2.45) is 5.73 Å². The SMILES string of the molecule is Cc1n[nH]nc1SCC1=C(C(=O)O)N2C(=O)C(NC(=O)C(N)c3ccc(O)cc3)[C@@H]2SC1. The van der Waals surface area contributed by atoms with E-state index in [1.807, 2.05) is 0 Å². The van der Waals surface area contributed by atoms with Crippen molar-refractivity contribution in [1.82, 2.24) is 25.6 Å². The summed E-state index contributed by atoms with van der Waals surface area (Å²) in [5.74, 6) is -1.45. The third-order valence-electron chi connectivity index (χ3n) is 5.14. The van der Waals surface area contributed by atoms with Crippen LogP contribution in [0.1, 0.15) is 17.3 Å². The van der Waals surface area contributed by atoms with E-state index in [0.29, 0.717) is 33.4 Å². The molecule has 32 heavy (non-hydrogen) atoms. The van der Waals surface area contributed by atoms with Gasteiger partial charge in [-0.05, 0) is 30.2 Å². The van der Waals surface area contributed by atoms with Gasteiger partial charge in [0.05, 0.1) is 5.69 Å². The molecule has 11 nitrogen and oxygen atoms in total. The number of carboxylic acid groups (broad SMARTS) is 1. The van der Waals surface area contributed by atoms with E-state index in [2.05, 4.69) is 20.7 Å². The minimum absolute atomic E-state index is 0.0467. The highest BCUT2D eigenvalue weighted by atomic mass is 32.2. The molecule has 1 fully saturated rings. The second-order valence-electron chi connectivity index (χ2n) is 7.23. The predicted octanol–water partition coefficient (Wildman–Crippen LogP) is 0.349. The first-order valence-corrected chi connectivity index (χ1v) is 11.6. The van der Waals surface area contributed by atoms with Crippen LogP contribution >= 0.6 is 23.5 Å². The van der Waals surface area contributed by atoms with Gasteiger partial charge in [0.2, 0.25) is 5.91 Å². The van der Waals surface area contributed by atoms with E-state index in [0.717, 1.165) is 0 Å². The number of hydrogen-bond donors (Lipinski definition) is 5. The number of aryl methyl sites for hydroxylation is 1. The Balaban J connectivity index is 1.45. The van der Waals surface area contributed by atoms with E-state index in [-0.39, 0.29) is 11.4 Å². The summed E-state index contributed by atoms with van der Waals surface area (Å²) in [5.41, 5.74) is 7.72. The molecule has 6 N–H and O–H groups in total. The molecule has 2 amide bonds. The molecule has 1 aromatic heterocycles. The average molecular weight is 477 g/mol. The van der Waals surface area contributed by atoms with Gasteiger partial charge in [0.25, 0.3) is 5.91 Å². The van der Waals surface area contributed by atoms with Crippen molar-refractivity contribution < 1.29 is 24.6 Å². The third-order valence-corrected chi connectivity index (χ3v) is 7.64. The van der Waals surface area contributed by atoms with Crippen molar-refractivity contribution in [3.8, 4) is 5.75 Å². The summed E-state index contributed by atoms with van der Waals surface area (Å²) in [7, 11) is 0. The number of phenols is 1. The van der Waals surface area contributed by atoms with Crippen LogP contribution in [0.25, 0.3) is 0 Å². The Bertz CT molecular complexity index is 1100. The molecule has 4 rings (SSSR count). The van der Waals surface area contributed by atoms with Crippen LogP contribution < -0.4 is 11.1 Å². The van der Waals surface area contributed by atoms with Crippen molar-refractivity contribution in [2.45, 2.75) is 29.4 Å². The van der Waals surface area contributed by atoms with Gasteiger partial charge in [-0.2, -0.15) is 10.3 Å². The lowest BCUT2D eigenvalue weighted by atomic mass is 10.0. The summed E-state index contributed by atoms with van der Waals surface area (Å²) in [4.78, 5) is 38.5. The number of aromatic hydroxyl groups is 1. The lowest BCUT2D eigenvalue weighted by Crippen LogP contribution is -2.71. The summed E-state index contributed by atoms with van der Waals surface area (Å²) in [5, 5.41) is 32.4. The normalized spacial score (nSPS) is 21.1. The number of aromatic amines is 1. The Morgan fingerprint density at radius 1 is 1.38 bits per heavy atom. The first kappa shape index (κ1) is 22.2. The number of nitrogens with zero attached hydrogens (tertiary/aromatic N) is 3. The number of nitrogens with one attached hydrogen (secondary N) is 2. The van der Waals surface area contributed by atoms with Crippen molar-refractivity contribution in [2.75, 3.05) is 11.5 Å². The Morgan fingerprint density at radius 2 is 2.09 bits per heavy atom. The summed E-state index contributed by atoms with van der Waals surface area (Å²) < 4.78 is 0. The maximum absolute atomic E-state index is 12.8. The summed E-state index contributed by atoms with van der Waals surface area (Å²) >= 11 is 2.73. The molecule has 0 saturated carbocycles. The van der Waals surface area contributed by atoms with Gasteiger partial charge in [0, 0.05) is 11.5 Å². The fraction of sp³-hybridized carbons (Fsp3) is 0.316. The van der Waals surface area contributed by atoms with Crippen LogP contribution in [0.4, 0.5) is 0 Å². The van der Waals surface area contributed by atoms with E-state index in [1.165, 1.54) is 52.7 Å². The summed E-state index contributed by atoms with van der Waals surface area (Å²) in [6.45, 7) is 1.79. The molecule has 0 bridgehead atoms. The zero-order valence-corrected chi connectivity index (χ0v) is 18.4. The van der Waals surface area contributed by atoms with E-state index in [9.17, 15) is 24.6 Å². The number of amides is 2. The number of phenolic OH excluding ortho intramolecular Hbond substituents is 1. The smallest absolute Gasteiger partial charge is 0.352 e. The molecule has 2 aliphatic rings. The van der Waals surface area contributed by atoms with Crippen LogP contribution in [0.3, 0.4) is 0 Å². The van der Waals surface area contributed by atoms with E-state index >= 15 is 0 Å². The molecule has 0 spiro atoms. The molecule has 2 aliphatic heterocycles. The molecular formula is C19H20N6O5S2. The van der Waals surface area contributed by atoms with Gasteiger partial charge in [0.15, 0.2) is 0 Å². The fourth-order valence-corrected chi connectivity index (χ4v) is 5.82. The number of β-lactam (4-membered cyclic amide) rings is 1. The van der Waals surface area contributed by atoms with Crippen molar-refractivity contribution in [3.05, 3.63) is 46.8 Å². The molecule has 0 radical (unpaired) electrons. The molecule has 13 heteroatoms. The molecule has 3 heterocycles. The van der Waals surface area contributed by atoms with E-state index in [1.54, 1.807) is 6.92 Å². The predicted molar refractivity (Wildman–Crippen MR) is 117 cm³/mol. The third kappa shape index (κ3) is 4.06. The largest absolute Gasteiger partial charge is 0.508 e. The minimum atomic E-state index is -1.19. The maximum atomic E-state index is 12.8. The Kier molecular flexibility index (Phi) is 6.13. The highest BCUT2D eigenvalue weighted by Crippen LogP contribution is 2.41. The van der Waals surface area contributed by atoms with Crippen LogP contribution in [0.5, 0.6) is 5.75 Å². The van der Waals surface area contributed by atoms with Crippen LogP contribution in [0, 0.1) is 6.92 Å². The standard InChI is InChI=1S/C19H20N6O5S2/c1-8-16(23-24-22-8)31-6-10-7-32-18-13(17(28)25(18)14(10)19(29)30)21-15(27)12(20)9-2-4-11(26)5-3-9/h2-5,12-13,18,26H,6-7,20H2,1H3,(H,21,27)(H,29,30)(H,22,23,24)/t12?,13?,18-/m0/s1. The molecule has 2 unspecified atom stereocenters. The van der Waals surface area contributed by atoms with Gasteiger partial charge >= 0.3 is 5.97 Å². The van der Waals surface area contributed by atoms with Gasteiger partial charge in [-0.25, -0.2) is 4.79 Å². The highest BCUT2D eigenvalue weighted by Gasteiger charge is 2.54. The number of rotatable bonds is 7. The number of hydrogen-bond acceptors (Lipinski definition) is 9. The second-order valence-corrected chi connectivity index (χ2v) is 9.29. The molecule has 1 aromatic carbocycles. The Labute approximate surface area is 190 Å². The second kappa shape index (κ2) is 8.84. The summed E-state index contributed by atoms with van der Waals surface area (Å²) in [6.07, 6.45) is 0. The number of carbonyl (C=O) groups is 3. The number of H-pyrrole nitrogens is 1. The number of benzene rings is 1. The number of nitrogens with two attached hydrogens (primary N) is 1. The van der Waals surface area contributed by atoms with Gasteiger partial charge < -0.3 is 21.3 Å². The molecule has 0 aliphatic carbocycles. The summed E-state index contributed by atoms with van der Waals surface area (Å²) in [6, 6.07) is 3.99. The van der Waals surface area contributed by atoms with Crippen LogP contribution in [-0.2, 0) is 14.4 Å². The van der Waals surface area contributed by atoms with E-state index in [4.69, 9.17) is 5.73 Å². The molecule has 2 aromatic rings. The molecule has 3 atom stereocenters.